The van der Waals surface area contributed by atoms with Gasteiger partial charge in [0.05, 0.1) is 11.1 Å². The van der Waals surface area contributed by atoms with Crippen molar-refractivity contribution in [2.45, 2.75) is 32.4 Å². The van der Waals surface area contributed by atoms with E-state index in [0.717, 1.165) is 53.7 Å². The number of pyridine rings is 1. The molecule has 1 atom stereocenters. The summed E-state index contributed by atoms with van der Waals surface area (Å²) in [5.41, 5.74) is 4.59. The fourth-order valence-corrected chi connectivity index (χ4v) is 3.62. The Hall–Kier alpha value is -2.71. The molecule has 1 aliphatic heterocycles. The van der Waals surface area contributed by atoms with Gasteiger partial charge >= 0.3 is 0 Å². The van der Waals surface area contributed by atoms with Crippen molar-refractivity contribution in [1.29, 1.82) is 0 Å². The average Bonchev–Trinajstić information content (AvgIpc) is 2.94. The second-order valence-corrected chi connectivity index (χ2v) is 6.31. The van der Waals surface area contributed by atoms with Gasteiger partial charge in [0.1, 0.15) is 12.0 Å². The number of benzene rings is 1. The number of hydrogen-bond acceptors (Lipinski definition) is 2. The summed E-state index contributed by atoms with van der Waals surface area (Å²) < 4.78 is 21.5. The monoisotopic (exact) mass is 335 g/mol. The third-order valence-electron chi connectivity index (χ3n) is 4.77. The Morgan fingerprint density at radius 2 is 2.00 bits per heavy atom. The summed E-state index contributed by atoms with van der Waals surface area (Å²) in [7, 11) is 0. The lowest BCUT2D eigenvalue weighted by molar-refractivity contribution is -0.0301. The smallest absolute Gasteiger partial charge is 0.270 e. The maximum absolute atomic E-state index is 13.4. The Balaban J connectivity index is 1.98. The van der Waals surface area contributed by atoms with E-state index in [0.29, 0.717) is 5.82 Å². The van der Waals surface area contributed by atoms with Crippen LogP contribution in [-0.4, -0.2) is 16.2 Å². The minimum atomic E-state index is -0.268. The van der Waals surface area contributed by atoms with Crippen LogP contribution >= 0.6 is 0 Å². The highest BCUT2D eigenvalue weighted by molar-refractivity contribution is 5.96. The molecule has 0 radical (unpaired) electrons. The van der Waals surface area contributed by atoms with Gasteiger partial charge < -0.3 is 14.1 Å². The Kier molecular flexibility index (Phi) is 3.98. The van der Waals surface area contributed by atoms with Crippen LogP contribution in [-0.2, 0) is 4.74 Å². The molecular weight excluding hydrogens is 317 g/mol. The van der Waals surface area contributed by atoms with Crippen molar-refractivity contribution in [3.63, 3.8) is 0 Å². The van der Waals surface area contributed by atoms with Gasteiger partial charge in [-0.05, 0) is 56.0 Å². The van der Waals surface area contributed by atoms with Crippen molar-refractivity contribution >= 4 is 16.9 Å². The van der Waals surface area contributed by atoms with Crippen LogP contribution in [0.25, 0.3) is 27.0 Å². The lowest BCUT2D eigenvalue weighted by Gasteiger charge is -2.26. The topological polar surface area (TPSA) is 31.4 Å². The highest BCUT2D eigenvalue weighted by atomic mass is 19.1. The molecule has 2 aromatic heterocycles. The fourth-order valence-electron chi connectivity index (χ4n) is 3.62. The van der Waals surface area contributed by atoms with Gasteiger partial charge in [-0.2, -0.15) is 0 Å². The molecule has 0 N–H and O–H groups in total. The molecule has 1 aliphatic rings. The first-order valence-corrected chi connectivity index (χ1v) is 8.45. The van der Waals surface area contributed by atoms with Crippen LogP contribution in [0.15, 0.2) is 36.4 Å². The third kappa shape index (κ3) is 2.69. The van der Waals surface area contributed by atoms with Crippen LogP contribution in [0.2, 0.25) is 0 Å². The SMILES string of the molecule is [C-]#[N+]c1ccc2c(n1)c(-c1ccc(F)cc1)c(C)n2C1CCCCO1. The summed E-state index contributed by atoms with van der Waals surface area (Å²) in [6.45, 7) is 10.1. The molecular formula is C20H18FN3O. The Morgan fingerprint density at radius 1 is 1.20 bits per heavy atom. The molecule has 3 heterocycles. The molecule has 1 unspecified atom stereocenters. The van der Waals surface area contributed by atoms with E-state index >= 15 is 0 Å². The molecule has 3 aromatic rings. The van der Waals surface area contributed by atoms with Gasteiger partial charge in [-0.1, -0.05) is 18.7 Å². The highest BCUT2D eigenvalue weighted by Crippen LogP contribution is 2.38. The molecule has 4 nitrogen and oxygen atoms in total. The lowest BCUT2D eigenvalue weighted by atomic mass is 10.0. The Morgan fingerprint density at radius 3 is 2.68 bits per heavy atom. The predicted molar refractivity (Wildman–Crippen MR) is 95.0 cm³/mol. The zero-order valence-corrected chi connectivity index (χ0v) is 14.0. The first kappa shape index (κ1) is 15.8. The number of halogens is 1. The maximum atomic E-state index is 13.4. The van der Waals surface area contributed by atoms with Crippen molar-refractivity contribution in [3.05, 3.63) is 59.3 Å². The summed E-state index contributed by atoms with van der Waals surface area (Å²) in [5, 5.41) is 0. The molecule has 0 spiro atoms. The number of rotatable bonds is 2. The van der Waals surface area contributed by atoms with Crippen LogP contribution in [0.3, 0.4) is 0 Å². The minimum absolute atomic E-state index is 0.0222. The van der Waals surface area contributed by atoms with Gasteiger partial charge in [0.15, 0.2) is 5.52 Å². The van der Waals surface area contributed by atoms with Gasteiger partial charge in [-0.15, -0.1) is 4.98 Å². The van der Waals surface area contributed by atoms with Gasteiger partial charge in [-0.25, -0.2) is 4.39 Å². The molecule has 0 bridgehead atoms. The number of fused-ring (bicyclic) bond motifs is 1. The second-order valence-electron chi connectivity index (χ2n) is 6.31. The van der Waals surface area contributed by atoms with E-state index in [2.05, 4.69) is 14.4 Å². The summed E-state index contributed by atoms with van der Waals surface area (Å²) >= 11 is 0. The quantitative estimate of drug-likeness (QED) is 0.587. The first-order valence-electron chi connectivity index (χ1n) is 8.45. The van der Waals surface area contributed by atoms with Crippen molar-refractivity contribution < 1.29 is 9.13 Å². The van der Waals surface area contributed by atoms with Crippen molar-refractivity contribution in [1.82, 2.24) is 9.55 Å². The molecule has 126 valence electrons. The predicted octanol–water partition coefficient (Wildman–Crippen LogP) is 5.40. The average molecular weight is 335 g/mol. The molecule has 0 amide bonds. The molecule has 1 fully saturated rings. The van der Waals surface area contributed by atoms with Gasteiger partial charge in [-0.3, -0.25) is 0 Å². The number of nitrogens with zero attached hydrogens (tertiary/aromatic N) is 3. The Labute approximate surface area is 145 Å². The van der Waals surface area contributed by atoms with E-state index in [-0.39, 0.29) is 12.0 Å². The van der Waals surface area contributed by atoms with E-state index in [1.165, 1.54) is 12.1 Å². The van der Waals surface area contributed by atoms with Crippen LogP contribution in [0.4, 0.5) is 10.2 Å². The van der Waals surface area contributed by atoms with Crippen LogP contribution in [0, 0.1) is 19.3 Å². The van der Waals surface area contributed by atoms with Gasteiger partial charge in [0.25, 0.3) is 5.82 Å². The van der Waals surface area contributed by atoms with E-state index in [9.17, 15) is 4.39 Å². The van der Waals surface area contributed by atoms with Gasteiger partial charge in [0, 0.05) is 12.3 Å². The standard InChI is InChI=1S/C20H18FN3O/c1-13-19(14-6-8-15(21)9-7-14)20-16(10-11-17(22-2)23-20)24(13)18-5-3-4-12-25-18/h6-11,18H,3-5,12H2,1H3. The van der Waals surface area contributed by atoms with E-state index in [1.807, 2.05) is 13.0 Å². The fraction of sp³-hybridized carbons (Fsp3) is 0.300. The second kappa shape index (κ2) is 6.30. The van der Waals surface area contributed by atoms with Crippen LogP contribution < -0.4 is 0 Å². The van der Waals surface area contributed by atoms with E-state index < -0.39 is 0 Å². The summed E-state index contributed by atoms with van der Waals surface area (Å²) in [4.78, 5) is 8.00. The van der Waals surface area contributed by atoms with Crippen molar-refractivity contribution in [2.75, 3.05) is 6.61 Å². The largest absolute Gasteiger partial charge is 0.361 e. The summed E-state index contributed by atoms with van der Waals surface area (Å²) in [5.74, 6) is 0.0909. The molecule has 0 aliphatic carbocycles. The zero-order valence-electron chi connectivity index (χ0n) is 14.0. The number of ether oxygens (including phenoxy) is 1. The molecule has 5 heteroatoms. The third-order valence-corrected chi connectivity index (χ3v) is 4.77. The zero-order chi connectivity index (χ0) is 17.4. The lowest BCUT2D eigenvalue weighted by Crippen LogP contribution is -2.19. The van der Waals surface area contributed by atoms with E-state index in [4.69, 9.17) is 11.3 Å². The van der Waals surface area contributed by atoms with E-state index in [1.54, 1.807) is 18.2 Å². The molecule has 1 aromatic carbocycles. The molecule has 25 heavy (non-hydrogen) atoms. The van der Waals surface area contributed by atoms with Crippen molar-refractivity contribution in [3.8, 4) is 11.1 Å². The molecule has 0 saturated carbocycles. The number of hydrogen-bond donors (Lipinski definition) is 0. The first-order chi connectivity index (χ1) is 12.2. The Bertz CT molecular complexity index is 963. The van der Waals surface area contributed by atoms with Crippen LogP contribution in [0.5, 0.6) is 0 Å². The van der Waals surface area contributed by atoms with Crippen molar-refractivity contribution in [2.24, 2.45) is 0 Å². The maximum Gasteiger partial charge on any atom is 0.270 e. The van der Waals surface area contributed by atoms with Crippen LogP contribution in [0.1, 0.15) is 31.2 Å². The summed E-state index contributed by atoms with van der Waals surface area (Å²) in [6, 6.07) is 10.1. The minimum Gasteiger partial charge on any atom is -0.361 e. The molecule has 4 rings (SSSR count). The molecule has 1 saturated heterocycles. The highest BCUT2D eigenvalue weighted by Gasteiger charge is 2.26. The van der Waals surface area contributed by atoms with Gasteiger partial charge in [0.2, 0.25) is 0 Å². The normalized spacial score (nSPS) is 17.6. The number of aromatic nitrogens is 2. The summed E-state index contributed by atoms with van der Waals surface area (Å²) in [6.07, 6.45) is 3.15.